The van der Waals surface area contributed by atoms with E-state index in [2.05, 4.69) is 64.2 Å². The van der Waals surface area contributed by atoms with E-state index in [1.807, 2.05) is 0 Å². The molecular formula is C33H55NO. The topological polar surface area (TPSA) is 32.3 Å². The van der Waals surface area contributed by atoms with E-state index >= 15 is 0 Å². The predicted octanol–water partition coefficient (Wildman–Crippen LogP) is 7.78. The first kappa shape index (κ1) is 26.0. The lowest BCUT2D eigenvalue weighted by atomic mass is 9.44. The number of aliphatic hydroxyl groups excluding tert-OH is 1. The number of nitrogens with one attached hydrogen (secondary N) is 1. The third-order valence-corrected chi connectivity index (χ3v) is 12.4. The highest BCUT2D eigenvalue weighted by molar-refractivity contribution is 5.18. The van der Waals surface area contributed by atoms with Crippen LogP contribution in [0.2, 0.25) is 0 Å². The van der Waals surface area contributed by atoms with Crippen molar-refractivity contribution in [1.29, 1.82) is 0 Å². The van der Waals surface area contributed by atoms with Gasteiger partial charge in [0.2, 0.25) is 0 Å². The fourth-order valence-electron chi connectivity index (χ4n) is 10.4. The summed E-state index contributed by atoms with van der Waals surface area (Å²) in [6.45, 7) is 13.6. The SMILES string of the molecule is CC(C)CCC[C@@H](C)[C@H]1CC[C@H]2[C@@H]3CC[C@H]4C[C@H](NCC5C=CC=C5)[C@@H](O)C[C@]4(C)[C@H]3CC[C@]12C. The molecule has 2 nitrogen and oxygen atoms in total. The summed E-state index contributed by atoms with van der Waals surface area (Å²) < 4.78 is 0. The molecule has 0 spiro atoms. The molecule has 0 aromatic heterocycles. The van der Waals surface area contributed by atoms with Crippen molar-refractivity contribution < 1.29 is 5.11 Å². The first-order valence-electron chi connectivity index (χ1n) is 15.5. The highest BCUT2D eigenvalue weighted by atomic mass is 16.3. The summed E-state index contributed by atoms with van der Waals surface area (Å²) in [7, 11) is 0. The van der Waals surface area contributed by atoms with Crippen LogP contribution in [-0.2, 0) is 0 Å². The first-order chi connectivity index (χ1) is 16.7. The summed E-state index contributed by atoms with van der Waals surface area (Å²) in [6, 6.07) is 0.281. The van der Waals surface area contributed by atoms with Gasteiger partial charge in [-0.1, -0.05) is 78.2 Å². The molecule has 0 amide bonds. The second-order valence-corrected chi connectivity index (χ2v) is 14.6. The van der Waals surface area contributed by atoms with E-state index in [4.69, 9.17) is 0 Å². The van der Waals surface area contributed by atoms with E-state index in [0.717, 1.165) is 54.4 Å². The van der Waals surface area contributed by atoms with Crippen LogP contribution in [0.4, 0.5) is 0 Å². The molecule has 5 rings (SSSR count). The van der Waals surface area contributed by atoms with Gasteiger partial charge in [0.05, 0.1) is 6.10 Å². The van der Waals surface area contributed by atoms with Crippen LogP contribution >= 0.6 is 0 Å². The van der Waals surface area contributed by atoms with Crippen LogP contribution in [0.5, 0.6) is 0 Å². The second kappa shape index (κ2) is 10.3. The smallest absolute Gasteiger partial charge is 0.0698 e. The Labute approximate surface area is 216 Å². The summed E-state index contributed by atoms with van der Waals surface area (Å²) in [5.74, 6) is 6.65. The zero-order valence-electron chi connectivity index (χ0n) is 23.5. The molecule has 2 N–H and O–H groups in total. The van der Waals surface area contributed by atoms with Gasteiger partial charge in [-0.25, -0.2) is 0 Å². The Morgan fingerprint density at radius 2 is 1.66 bits per heavy atom. The van der Waals surface area contributed by atoms with Crippen molar-refractivity contribution in [2.75, 3.05) is 6.54 Å². The van der Waals surface area contributed by atoms with Gasteiger partial charge >= 0.3 is 0 Å². The van der Waals surface area contributed by atoms with E-state index in [9.17, 15) is 5.11 Å². The number of allylic oxidation sites excluding steroid dienone is 2. The maximum atomic E-state index is 11.3. The van der Waals surface area contributed by atoms with Crippen molar-refractivity contribution in [1.82, 2.24) is 5.32 Å². The van der Waals surface area contributed by atoms with E-state index < -0.39 is 0 Å². The molecule has 5 aliphatic carbocycles. The second-order valence-electron chi connectivity index (χ2n) is 14.6. The molecule has 0 radical (unpaired) electrons. The Hall–Kier alpha value is -0.600. The van der Waals surface area contributed by atoms with Crippen molar-refractivity contribution in [2.45, 2.75) is 117 Å². The lowest BCUT2D eigenvalue weighted by Gasteiger charge is -2.62. The minimum absolute atomic E-state index is 0.185. The summed E-state index contributed by atoms with van der Waals surface area (Å²) in [5, 5.41) is 15.1. The molecule has 0 saturated heterocycles. The molecule has 0 bridgehead atoms. The number of hydrogen-bond acceptors (Lipinski definition) is 2. The van der Waals surface area contributed by atoms with Gasteiger partial charge in [-0.15, -0.1) is 0 Å². The average Bonchev–Trinajstić information content (AvgIpc) is 3.44. The van der Waals surface area contributed by atoms with Gasteiger partial charge in [-0.3, -0.25) is 0 Å². The lowest BCUT2D eigenvalue weighted by molar-refractivity contribution is -0.139. The summed E-state index contributed by atoms with van der Waals surface area (Å²) in [5.41, 5.74) is 0.914. The van der Waals surface area contributed by atoms with Crippen LogP contribution in [-0.4, -0.2) is 23.8 Å². The number of aliphatic hydroxyl groups is 1. The minimum Gasteiger partial charge on any atom is -0.391 e. The highest BCUT2D eigenvalue weighted by Crippen LogP contribution is 2.68. The fourth-order valence-corrected chi connectivity index (χ4v) is 10.4. The molecule has 35 heavy (non-hydrogen) atoms. The molecule has 4 fully saturated rings. The number of hydrogen-bond donors (Lipinski definition) is 2. The van der Waals surface area contributed by atoms with Crippen molar-refractivity contribution in [2.24, 2.45) is 58.2 Å². The quantitative estimate of drug-likeness (QED) is 0.371. The van der Waals surface area contributed by atoms with Gasteiger partial charge in [-0.2, -0.15) is 0 Å². The lowest BCUT2D eigenvalue weighted by Crippen LogP contribution is -2.59. The Kier molecular flexibility index (Phi) is 7.64. The monoisotopic (exact) mass is 481 g/mol. The Morgan fingerprint density at radius 1 is 0.914 bits per heavy atom. The summed E-state index contributed by atoms with van der Waals surface area (Å²) in [6.07, 6.45) is 23.8. The van der Waals surface area contributed by atoms with Crippen LogP contribution in [0.25, 0.3) is 0 Å². The van der Waals surface area contributed by atoms with E-state index in [-0.39, 0.29) is 12.1 Å². The van der Waals surface area contributed by atoms with E-state index in [1.165, 1.54) is 64.2 Å². The van der Waals surface area contributed by atoms with E-state index in [1.54, 1.807) is 0 Å². The third kappa shape index (κ3) is 4.85. The van der Waals surface area contributed by atoms with Crippen LogP contribution < -0.4 is 5.32 Å². The van der Waals surface area contributed by atoms with Crippen LogP contribution in [0, 0.1) is 58.2 Å². The molecular weight excluding hydrogens is 426 g/mol. The normalized spacial score (nSPS) is 46.0. The molecule has 2 heteroatoms. The van der Waals surface area contributed by atoms with Crippen molar-refractivity contribution in [3.05, 3.63) is 24.3 Å². The molecule has 0 unspecified atom stereocenters. The van der Waals surface area contributed by atoms with Crippen molar-refractivity contribution >= 4 is 0 Å². The largest absolute Gasteiger partial charge is 0.391 e. The molecule has 0 aliphatic heterocycles. The fraction of sp³-hybridized carbons (Fsp3) is 0.879. The summed E-state index contributed by atoms with van der Waals surface area (Å²) >= 11 is 0. The Bertz CT molecular complexity index is 774. The van der Waals surface area contributed by atoms with Gasteiger partial charge in [0.25, 0.3) is 0 Å². The zero-order chi connectivity index (χ0) is 24.8. The molecule has 198 valence electrons. The maximum Gasteiger partial charge on any atom is 0.0698 e. The van der Waals surface area contributed by atoms with Gasteiger partial charge < -0.3 is 10.4 Å². The number of fused-ring (bicyclic) bond motifs is 5. The minimum atomic E-state index is -0.185. The predicted molar refractivity (Wildman–Crippen MR) is 148 cm³/mol. The van der Waals surface area contributed by atoms with Gasteiger partial charge in [0.1, 0.15) is 0 Å². The third-order valence-electron chi connectivity index (χ3n) is 12.4. The molecule has 0 aromatic carbocycles. The van der Waals surface area contributed by atoms with Crippen LogP contribution in [0.1, 0.15) is 105 Å². The highest BCUT2D eigenvalue weighted by Gasteiger charge is 2.61. The Morgan fingerprint density at radius 3 is 2.40 bits per heavy atom. The maximum absolute atomic E-state index is 11.3. The van der Waals surface area contributed by atoms with Gasteiger partial charge in [-0.05, 0) is 104 Å². The van der Waals surface area contributed by atoms with Crippen LogP contribution in [0.3, 0.4) is 0 Å². The van der Waals surface area contributed by atoms with Crippen molar-refractivity contribution in [3.63, 3.8) is 0 Å². The zero-order valence-corrected chi connectivity index (χ0v) is 23.5. The van der Waals surface area contributed by atoms with Gasteiger partial charge in [0.15, 0.2) is 0 Å². The molecule has 10 atom stereocenters. The molecule has 5 aliphatic rings. The summed E-state index contributed by atoms with van der Waals surface area (Å²) in [4.78, 5) is 0. The van der Waals surface area contributed by atoms with Gasteiger partial charge in [0, 0.05) is 18.5 Å². The van der Waals surface area contributed by atoms with Crippen LogP contribution in [0.15, 0.2) is 24.3 Å². The standard InChI is InChI=1S/C33H55NO/c1-22(2)9-8-10-23(3)27-15-16-28-26-14-13-25-19-30(34-21-24-11-6-7-12-24)31(35)20-33(25,5)29(26)17-18-32(27,28)4/h6-7,11-12,22-31,34-35H,8-10,13-21H2,1-5H3/t23-,25+,26+,27-,28+,29+,30+,31+,32-,33+/m1/s1. The molecule has 0 heterocycles. The first-order valence-corrected chi connectivity index (χ1v) is 15.5. The molecule has 0 aromatic rings. The number of rotatable bonds is 8. The van der Waals surface area contributed by atoms with Crippen molar-refractivity contribution in [3.8, 4) is 0 Å². The van der Waals surface area contributed by atoms with E-state index in [0.29, 0.717) is 16.7 Å². The molecule has 4 saturated carbocycles. The Balaban J connectivity index is 1.23. The average molecular weight is 482 g/mol.